The molecule has 0 aliphatic heterocycles. The van der Waals surface area contributed by atoms with E-state index in [0.29, 0.717) is 30.3 Å². The van der Waals surface area contributed by atoms with E-state index in [0.717, 1.165) is 4.90 Å². The monoisotopic (exact) mass is 306 g/mol. The lowest BCUT2D eigenvalue weighted by atomic mass is 10.3. The number of carbonyl (C=O) groups is 1. The van der Waals surface area contributed by atoms with Crippen molar-refractivity contribution in [3.8, 4) is 5.95 Å². The second kappa shape index (κ2) is 7.78. The van der Waals surface area contributed by atoms with Crippen molar-refractivity contribution >= 4 is 17.7 Å². The number of rotatable bonds is 7. The van der Waals surface area contributed by atoms with Crippen LogP contribution >= 0.6 is 11.8 Å². The number of hydrogen-bond donors (Lipinski definition) is 0. The van der Waals surface area contributed by atoms with Gasteiger partial charge in [0.05, 0.1) is 19.0 Å². The summed E-state index contributed by atoms with van der Waals surface area (Å²) in [7, 11) is 0. The average Bonchev–Trinajstić information content (AvgIpc) is 2.90. The van der Waals surface area contributed by atoms with Crippen molar-refractivity contribution in [3.05, 3.63) is 47.7 Å². The van der Waals surface area contributed by atoms with Crippen LogP contribution in [0.1, 0.15) is 30.0 Å². The van der Waals surface area contributed by atoms with Crippen molar-refractivity contribution in [2.24, 2.45) is 0 Å². The van der Waals surface area contributed by atoms with E-state index in [2.05, 4.69) is 0 Å². The molecule has 112 valence electrons. The Morgan fingerprint density at radius 2 is 1.95 bits per heavy atom. The molecule has 2 aromatic rings. The molecular weight excluding hydrogens is 288 g/mol. The topological polar surface area (TPSA) is 48.7 Å². The highest BCUT2D eigenvalue weighted by atomic mass is 32.2. The summed E-state index contributed by atoms with van der Waals surface area (Å²) in [6.45, 7) is 4.37. The quantitative estimate of drug-likeness (QED) is 0.568. The first-order chi connectivity index (χ1) is 10.2. The minimum Gasteiger partial charge on any atom is -0.465 e. The summed E-state index contributed by atoms with van der Waals surface area (Å²) in [6, 6.07) is 11.7. The first kappa shape index (κ1) is 15.5. The van der Waals surface area contributed by atoms with Gasteiger partial charge in [-0.15, -0.1) is 11.8 Å². The number of hydrogen-bond acceptors (Lipinski definition) is 5. The van der Waals surface area contributed by atoms with Crippen LogP contribution in [-0.4, -0.2) is 19.2 Å². The highest BCUT2D eigenvalue weighted by Gasteiger charge is 2.20. The fourth-order valence-electron chi connectivity index (χ4n) is 1.76. The third-order valence-corrected chi connectivity index (χ3v) is 3.68. The van der Waals surface area contributed by atoms with E-state index in [1.807, 2.05) is 37.3 Å². The Morgan fingerprint density at radius 1 is 1.19 bits per heavy atom. The molecule has 4 nitrogen and oxygen atoms in total. The summed E-state index contributed by atoms with van der Waals surface area (Å²) in [4.78, 5) is 13.0. The Bertz CT molecular complexity index is 577. The predicted molar refractivity (Wildman–Crippen MR) is 81.8 cm³/mol. The van der Waals surface area contributed by atoms with Gasteiger partial charge in [0.2, 0.25) is 0 Å². The zero-order valence-electron chi connectivity index (χ0n) is 12.1. The Kier molecular flexibility index (Phi) is 5.75. The van der Waals surface area contributed by atoms with Gasteiger partial charge in [-0.05, 0) is 32.0 Å². The van der Waals surface area contributed by atoms with E-state index in [-0.39, 0.29) is 5.95 Å². The smallest absolute Gasteiger partial charge is 0.345 e. The molecule has 2 rings (SSSR count). The van der Waals surface area contributed by atoms with Crippen LogP contribution in [-0.2, 0) is 10.5 Å². The molecule has 0 saturated carbocycles. The molecule has 1 aromatic heterocycles. The number of carbonyl (C=O) groups excluding carboxylic acids is 1. The van der Waals surface area contributed by atoms with Crippen LogP contribution in [0.5, 0.6) is 5.95 Å². The van der Waals surface area contributed by atoms with E-state index < -0.39 is 5.97 Å². The number of benzene rings is 1. The van der Waals surface area contributed by atoms with Crippen LogP contribution in [0.4, 0.5) is 0 Å². The molecular formula is C16H18O4S. The van der Waals surface area contributed by atoms with Crippen LogP contribution in [0, 0.1) is 0 Å². The molecule has 0 N–H and O–H groups in total. The zero-order valence-corrected chi connectivity index (χ0v) is 12.9. The summed E-state index contributed by atoms with van der Waals surface area (Å²) in [5.41, 5.74) is 0.349. The molecule has 0 bridgehead atoms. The number of esters is 1. The standard InChI is InChI=1S/C16H18O4S/c1-3-18-15(17)14-10-12(20-16(14)19-4-2)11-21-13-8-6-5-7-9-13/h5-10H,3-4,11H2,1-2H3. The van der Waals surface area contributed by atoms with Gasteiger partial charge in [-0.3, -0.25) is 0 Å². The van der Waals surface area contributed by atoms with Crippen LogP contribution in [0.15, 0.2) is 45.7 Å². The van der Waals surface area contributed by atoms with Gasteiger partial charge in [0.25, 0.3) is 5.95 Å². The Balaban J connectivity index is 2.09. The molecule has 0 amide bonds. The molecule has 5 heteroatoms. The van der Waals surface area contributed by atoms with Crippen molar-refractivity contribution in [1.82, 2.24) is 0 Å². The Morgan fingerprint density at radius 3 is 2.62 bits per heavy atom. The van der Waals surface area contributed by atoms with Gasteiger partial charge in [0, 0.05) is 4.90 Å². The fraction of sp³-hybridized carbons (Fsp3) is 0.312. The molecule has 0 saturated heterocycles. The second-order valence-corrected chi connectivity index (χ2v) is 5.22. The van der Waals surface area contributed by atoms with Crippen molar-refractivity contribution < 1.29 is 18.7 Å². The minimum absolute atomic E-state index is 0.236. The molecule has 0 spiro atoms. The molecule has 0 aliphatic carbocycles. The fourth-order valence-corrected chi connectivity index (χ4v) is 2.56. The summed E-state index contributed by atoms with van der Waals surface area (Å²) in [6.07, 6.45) is 0. The van der Waals surface area contributed by atoms with Crippen molar-refractivity contribution in [2.45, 2.75) is 24.5 Å². The van der Waals surface area contributed by atoms with Gasteiger partial charge in [-0.2, -0.15) is 0 Å². The highest BCUT2D eigenvalue weighted by molar-refractivity contribution is 7.98. The van der Waals surface area contributed by atoms with Crippen molar-refractivity contribution in [1.29, 1.82) is 0 Å². The number of thioether (sulfide) groups is 1. The Labute approximate surface area is 128 Å². The minimum atomic E-state index is -0.416. The molecule has 0 atom stereocenters. The SMILES string of the molecule is CCOC(=O)c1cc(CSc2ccccc2)oc1OCC. The maximum atomic E-state index is 11.9. The molecule has 21 heavy (non-hydrogen) atoms. The van der Waals surface area contributed by atoms with E-state index >= 15 is 0 Å². The summed E-state index contributed by atoms with van der Waals surface area (Å²) in [5, 5.41) is 0. The van der Waals surface area contributed by atoms with E-state index in [1.165, 1.54) is 0 Å². The van der Waals surface area contributed by atoms with Gasteiger partial charge in [0.15, 0.2) is 0 Å². The van der Waals surface area contributed by atoms with Gasteiger partial charge in [-0.25, -0.2) is 4.79 Å². The summed E-state index contributed by atoms with van der Waals surface area (Å²) < 4.78 is 16.0. The molecule has 0 unspecified atom stereocenters. The first-order valence-electron chi connectivity index (χ1n) is 6.85. The second-order valence-electron chi connectivity index (χ2n) is 4.17. The van der Waals surface area contributed by atoms with E-state index in [9.17, 15) is 4.79 Å². The number of furan rings is 1. The normalized spacial score (nSPS) is 10.4. The zero-order chi connectivity index (χ0) is 15.1. The van der Waals surface area contributed by atoms with Crippen LogP contribution < -0.4 is 4.74 Å². The summed E-state index contributed by atoms with van der Waals surface area (Å²) in [5.74, 6) is 1.14. The third-order valence-electron chi connectivity index (χ3n) is 2.64. The highest BCUT2D eigenvalue weighted by Crippen LogP contribution is 2.29. The van der Waals surface area contributed by atoms with Crippen LogP contribution in [0.2, 0.25) is 0 Å². The van der Waals surface area contributed by atoms with E-state index in [1.54, 1.807) is 24.8 Å². The third kappa shape index (κ3) is 4.29. The maximum absolute atomic E-state index is 11.9. The van der Waals surface area contributed by atoms with Crippen LogP contribution in [0.25, 0.3) is 0 Å². The molecule has 1 aromatic carbocycles. The van der Waals surface area contributed by atoms with Gasteiger partial charge >= 0.3 is 5.97 Å². The van der Waals surface area contributed by atoms with Gasteiger partial charge in [0.1, 0.15) is 11.3 Å². The number of ether oxygens (including phenoxy) is 2. The molecule has 0 aliphatic rings. The lowest BCUT2D eigenvalue weighted by Gasteiger charge is -2.02. The van der Waals surface area contributed by atoms with E-state index in [4.69, 9.17) is 13.9 Å². The van der Waals surface area contributed by atoms with Crippen LogP contribution in [0.3, 0.4) is 0 Å². The lowest BCUT2D eigenvalue weighted by molar-refractivity contribution is 0.0519. The van der Waals surface area contributed by atoms with Gasteiger partial charge < -0.3 is 13.9 Å². The average molecular weight is 306 g/mol. The molecule has 0 radical (unpaired) electrons. The molecule has 1 heterocycles. The van der Waals surface area contributed by atoms with Gasteiger partial charge in [-0.1, -0.05) is 18.2 Å². The van der Waals surface area contributed by atoms with Crippen molar-refractivity contribution in [3.63, 3.8) is 0 Å². The van der Waals surface area contributed by atoms with Crippen molar-refractivity contribution in [2.75, 3.05) is 13.2 Å². The largest absolute Gasteiger partial charge is 0.465 e. The summed E-state index contributed by atoms with van der Waals surface area (Å²) >= 11 is 1.64. The maximum Gasteiger partial charge on any atom is 0.345 e. The lowest BCUT2D eigenvalue weighted by Crippen LogP contribution is -2.05. The molecule has 0 fully saturated rings. The predicted octanol–water partition coefficient (Wildman–Crippen LogP) is 4.15. The Hall–Kier alpha value is -1.88. The first-order valence-corrected chi connectivity index (χ1v) is 7.83.